The van der Waals surface area contributed by atoms with Gasteiger partial charge < -0.3 is 10.2 Å². The maximum absolute atomic E-state index is 5.56. The summed E-state index contributed by atoms with van der Waals surface area (Å²) in [6.07, 6.45) is 6.29. The van der Waals surface area contributed by atoms with Crippen LogP contribution in [-0.2, 0) is 13.2 Å². The number of anilines is 2. The van der Waals surface area contributed by atoms with Gasteiger partial charge in [0.2, 0.25) is 5.13 Å². The monoisotopic (exact) mass is 384 g/mol. The number of pyridine rings is 1. The first-order valence-corrected chi connectivity index (χ1v) is 10.0. The molecule has 2 aromatic heterocycles. The maximum atomic E-state index is 5.56. The van der Waals surface area contributed by atoms with E-state index >= 15 is 0 Å². The predicted octanol–water partition coefficient (Wildman–Crippen LogP) is 3.33. The lowest BCUT2D eigenvalue weighted by Crippen LogP contribution is -3.11. The first kappa shape index (κ1) is 17.3. The summed E-state index contributed by atoms with van der Waals surface area (Å²) in [5.41, 5.74) is 3.57. The molecule has 0 aliphatic heterocycles. The van der Waals surface area contributed by atoms with Crippen molar-refractivity contribution in [2.75, 3.05) is 5.32 Å². The van der Waals surface area contributed by atoms with E-state index < -0.39 is 0 Å². The summed E-state index contributed by atoms with van der Waals surface area (Å²) >= 11 is 7.09. The molecule has 1 unspecified atom stereocenters. The Hall–Kier alpha value is -2.09. The number of rotatable bonds is 7. The van der Waals surface area contributed by atoms with Crippen LogP contribution in [0.5, 0.6) is 0 Å². The fraction of sp³-hybridized carbons (Fsp3) is 0.316. The van der Waals surface area contributed by atoms with Crippen LogP contribution in [0.4, 0.5) is 10.8 Å². The van der Waals surface area contributed by atoms with Gasteiger partial charge in [-0.25, -0.2) is 0 Å². The Morgan fingerprint density at radius 1 is 1.27 bits per heavy atom. The Morgan fingerprint density at radius 2 is 2.08 bits per heavy atom. The van der Waals surface area contributed by atoms with Crippen LogP contribution in [-0.4, -0.2) is 20.8 Å². The van der Waals surface area contributed by atoms with E-state index in [0.717, 1.165) is 28.0 Å². The van der Waals surface area contributed by atoms with Gasteiger partial charge in [0.15, 0.2) is 10.6 Å². The summed E-state index contributed by atoms with van der Waals surface area (Å²) in [5, 5.41) is 8.94. The molecule has 2 heterocycles. The Morgan fingerprint density at radius 3 is 2.81 bits per heavy atom. The van der Waals surface area contributed by atoms with Crippen molar-refractivity contribution in [3.63, 3.8) is 0 Å². The Bertz CT molecular complexity index is 930. The topological polar surface area (TPSA) is 47.2 Å². The number of hydrogen-bond donors (Lipinski definition) is 2. The second-order valence-corrected chi connectivity index (χ2v) is 8.41. The molecule has 1 aliphatic carbocycles. The van der Waals surface area contributed by atoms with E-state index in [4.69, 9.17) is 17.3 Å². The molecule has 0 saturated heterocycles. The number of nitrogens with zero attached hydrogens (tertiary/aromatic N) is 3. The Kier molecular flexibility index (Phi) is 5.10. The third-order valence-electron chi connectivity index (χ3n) is 4.56. The predicted molar refractivity (Wildman–Crippen MR) is 107 cm³/mol. The molecule has 0 bridgehead atoms. The molecule has 7 heteroatoms. The lowest BCUT2D eigenvalue weighted by Gasteiger charge is -2.18. The van der Waals surface area contributed by atoms with Gasteiger partial charge in [-0.2, -0.15) is 4.68 Å². The van der Waals surface area contributed by atoms with Crippen molar-refractivity contribution in [3.05, 3.63) is 63.9 Å². The zero-order valence-electron chi connectivity index (χ0n) is 14.7. The molecule has 5 nitrogen and oxygen atoms in total. The third kappa shape index (κ3) is 4.35. The Balaban J connectivity index is 1.48. The first-order chi connectivity index (χ1) is 12.7. The van der Waals surface area contributed by atoms with E-state index in [0.29, 0.717) is 6.04 Å². The lowest BCUT2D eigenvalue weighted by molar-refractivity contribution is -0.947. The minimum atomic E-state index is 0.708. The summed E-state index contributed by atoms with van der Waals surface area (Å²) in [6.45, 7) is 3.87. The highest BCUT2D eigenvalue weighted by Crippen LogP contribution is 2.21. The van der Waals surface area contributed by atoms with Crippen LogP contribution in [0.1, 0.15) is 24.0 Å². The van der Waals surface area contributed by atoms with E-state index in [9.17, 15) is 0 Å². The maximum Gasteiger partial charge on any atom is 0.209 e. The van der Waals surface area contributed by atoms with Gasteiger partial charge in [0.25, 0.3) is 0 Å². The van der Waals surface area contributed by atoms with Crippen LogP contribution in [0.3, 0.4) is 0 Å². The molecular formula is C19H22N5S2+. The number of aromatic nitrogens is 3. The molecule has 1 atom stereocenters. The normalized spacial score (nSPS) is 15.0. The smallest absolute Gasteiger partial charge is 0.209 e. The summed E-state index contributed by atoms with van der Waals surface area (Å²) in [4.78, 5) is 5.62. The minimum absolute atomic E-state index is 0.708. The highest BCUT2D eigenvalue weighted by Gasteiger charge is 2.33. The molecule has 2 N–H and O–H groups in total. The van der Waals surface area contributed by atoms with Gasteiger partial charge in [-0.05, 0) is 49.0 Å². The van der Waals surface area contributed by atoms with Gasteiger partial charge in [-0.3, -0.25) is 4.98 Å². The zero-order valence-corrected chi connectivity index (χ0v) is 16.3. The number of hydrogen-bond acceptors (Lipinski definition) is 5. The highest BCUT2D eigenvalue weighted by molar-refractivity contribution is 7.73. The minimum Gasteiger partial charge on any atom is -0.330 e. The number of benzene rings is 1. The SMILES string of the molecule is Cc1cccc(Nc2nn(C[NH+](Cc3ccncc3)C3CC3)c(=S)s2)c1. The quantitative estimate of drug-likeness (QED) is 0.614. The largest absolute Gasteiger partial charge is 0.330 e. The average molecular weight is 385 g/mol. The molecule has 3 aromatic rings. The van der Waals surface area contributed by atoms with Gasteiger partial charge >= 0.3 is 0 Å². The second-order valence-electron chi connectivity index (χ2n) is 6.79. The lowest BCUT2D eigenvalue weighted by atomic mass is 10.2. The van der Waals surface area contributed by atoms with Crippen molar-refractivity contribution >= 4 is 34.4 Å². The number of nitrogens with one attached hydrogen (secondary N) is 2. The Labute approximate surface area is 162 Å². The molecule has 134 valence electrons. The van der Waals surface area contributed by atoms with Crippen LogP contribution < -0.4 is 10.2 Å². The molecule has 1 aromatic carbocycles. The molecule has 4 rings (SSSR count). The molecule has 0 amide bonds. The van der Waals surface area contributed by atoms with Gasteiger partial charge in [-0.15, -0.1) is 5.10 Å². The molecule has 0 spiro atoms. The van der Waals surface area contributed by atoms with Crippen LogP contribution in [0.15, 0.2) is 48.8 Å². The standard InChI is InChI=1S/C19H21N5S2/c1-14-3-2-4-16(11-14)21-18-22-24(19(25)26-18)13-23(17-5-6-17)12-15-7-9-20-10-8-15/h2-4,7-11,17H,5-6,12-13H2,1H3,(H,21,22)/p+1. The molecule has 0 radical (unpaired) electrons. The summed E-state index contributed by atoms with van der Waals surface area (Å²) < 4.78 is 2.78. The highest BCUT2D eigenvalue weighted by atomic mass is 32.1. The molecule has 1 aliphatic rings. The van der Waals surface area contributed by atoms with Gasteiger partial charge in [0, 0.05) is 36.5 Å². The van der Waals surface area contributed by atoms with Gasteiger partial charge in [0.05, 0.1) is 6.04 Å². The van der Waals surface area contributed by atoms with Crippen molar-refractivity contribution in [2.24, 2.45) is 0 Å². The van der Waals surface area contributed by atoms with E-state index in [-0.39, 0.29) is 0 Å². The van der Waals surface area contributed by atoms with Gasteiger partial charge in [0.1, 0.15) is 6.54 Å². The summed E-state index contributed by atoms with van der Waals surface area (Å²) in [7, 11) is 0. The van der Waals surface area contributed by atoms with Crippen LogP contribution in [0.25, 0.3) is 0 Å². The van der Waals surface area contributed by atoms with E-state index in [2.05, 4.69) is 41.5 Å². The first-order valence-electron chi connectivity index (χ1n) is 8.82. The van der Waals surface area contributed by atoms with E-state index in [1.807, 2.05) is 29.2 Å². The van der Waals surface area contributed by atoms with Crippen LogP contribution in [0, 0.1) is 10.9 Å². The number of quaternary nitrogens is 1. The van der Waals surface area contributed by atoms with Crippen molar-refractivity contribution in [2.45, 2.75) is 39.0 Å². The van der Waals surface area contributed by atoms with Crippen LogP contribution in [0.2, 0.25) is 0 Å². The molecule has 1 fully saturated rings. The molecule has 1 saturated carbocycles. The third-order valence-corrected chi connectivity index (χ3v) is 5.79. The zero-order chi connectivity index (χ0) is 17.9. The van der Waals surface area contributed by atoms with Crippen molar-refractivity contribution in [1.29, 1.82) is 0 Å². The van der Waals surface area contributed by atoms with Crippen molar-refractivity contribution < 1.29 is 4.90 Å². The van der Waals surface area contributed by atoms with E-state index in [1.54, 1.807) is 0 Å². The van der Waals surface area contributed by atoms with Crippen molar-refractivity contribution in [3.8, 4) is 0 Å². The molecule has 26 heavy (non-hydrogen) atoms. The van der Waals surface area contributed by atoms with Crippen molar-refractivity contribution in [1.82, 2.24) is 14.8 Å². The fourth-order valence-corrected chi connectivity index (χ4v) is 4.11. The average Bonchev–Trinajstić information content (AvgIpc) is 3.41. The van der Waals surface area contributed by atoms with Gasteiger partial charge in [-0.1, -0.05) is 23.5 Å². The van der Waals surface area contributed by atoms with E-state index in [1.165, 1.54) is 40.2 Å². The molecular weight excluding hydrogens is 362 g/mol. The van der Waals surface area contributed by atoms with Crippen LogP contribution >= 0.6 is 23.6 Å². The second kappa shape index (κ2) is 7.65. The summed E-state index contributed by atoms with van der Waals surface area (Å²) in [5.74, 6) is 0. The number of aryl methyl sites for hydroxylation is 1. The summed E-state index contributed by atoms with van der Waals surface area (Å²) in [6, 6.07) is 13.2. The fourth-order valence-electron chi connectivity index (χ4n) is 3.08.